The van der Waals surface area contributed by atoms with Gasteiger partial charge in [-0.3, -0.25) is 4.79 Å². The molecular formula is C7H7ClN2O. The molecule has 0 aromatic carbocycles. The molecule has 1 N–H and O–H groups in total. The van der Waals surface area contributed by atoms with E-state index in [0.717, 1.165) is 0 Å². The molecule has 0 radical (unpaired) electrons. The first-order valence-corrected chi connectivity index (χ1v) is 3.46. The summed E-state index contributed by atoms with van der Waals surface area (Å²) in [5.41, 5.74) is 0.333. The van der Waals surface area contributed by atoms with E-state index in [1.165, 1.54) is 0 Å². The molecule has 0 aliphatic rings. The molecule has 0 aliphatic heterocycles. The normalized spacial score (nSPS) is 9.27. The number of rotatable bonds is 1. The van der Waals surface area contributed by atoms with Crippen molar-refractivity contribution < 1.29 is 4.79 Å². The highest BCUT2D eigenvalue weighted by Crippen LogP contribution is 2.04. The highest BCUT2D eigenvalue weighted by Gasteiger charge is 2.03. The summed E-state index contributed by atoms with van der Waals surface area (Å²) in [5.74, 6) is -0.229. The highest BCUT2D eigenvalue weighted by molar-refractivity contribution is 6.29. The molecule has 0 unspecified atom stereocenters. The largest absolute Gasteiger partial charge is 0.354 e. The standard InChI is InChI=1S/C7H7ClN2O/c1-9-7(11)5-3-2-4-6(8)10-5/h2-4H,1H3,(H,9,11). The van der Waals surface area contributed by atoms with E-state index >= 15 is 0 Å². The molecule has 0 spiro atoms. The van der Waals surface area contributed by atoms with Crippen LogP contribution in [0.1, 0.15) is 10.5 Å². The maximum Gasteiger partial charge on any atom is 0.269 e. The average Bonchev–Trinajstić information content (AvgIpc) is 2.03. The van der Waals surface area contributed by atoms with E-state index in [1.54, 1.807) is 25.2 Å². The Morgan fingerprint density at radius 1 is 1.64 bits per heavy atom. The van der Waals surface area contributed by atoms with E-state index in [9.17, 15) is 4.79 Å². The number of aromatic nitrogens is 1. The van der Waals surface area contributed by atoms with Gasteiger partial charge in [0.15, 0.2) is 0 Å². The van der Waals surface area contributed by atoms with Crippen LogP contribution < -0.4 is 5.32 Å². The van der Waals surface area contributed by atoms with Gasteiger partial charge in [0, 0.05) is 7.05 Å². The Bertz CT molecular complexity index is 275. The van der Waals surface area contributed by atoms with E-state index in [-0.39, 0.29) is 5.91 Å². The number of hydrogen-bond acceptors (Lipinski definition) is 2. The highest BCUT2D eigenvalue weighted by atomic mass is 35.5. The molecular weight excluding hydrogens is 164 g/mol. The molecule has 1 heterocycles. The number of hydrogen-bond donors (Lipinski definition) is 1. The molecule has 1 amide bonds. The molecule has 0 atom stereocenters. The third kappa shape index (κ3) is 1.91. The van der Waals surface area contributed by atoms with Crippen molar-refractivity contribution in [2.45, 2.75) is 0 Å². The lowest BCUT2D eigenvalue weighted by Crippen LogP contribution is -2.18. The summed E-state index contributed by atoms with van der Waals surface area (Å²) >= 11 is 5.55. The van der Waals surface area contributed by atoms with E-state index < -0.39 is 0 Å². The topological polar surface area (TPSA) is 42.0 Å². The summed E-state index contributed by atoms with van der Waals surface area (Å²) < 4.78 is 0. The smallest absolute Gasteiger partial charge is 0.269 e. The lowest BCUT2D eigenvalue weighted by atomic mass is 10.3. The minimum absolute atomic E-state index is 0.229. The monoisotopic (exact) mass is 170 g/mol. The molecule has 0 saturated carbocycles. The average molecular weight is 171 g/mol. The van der Waals surface area contributed by atoms with Crippen LogP contribution in [0.15, 0.2) is 18.2 Å². The van der Waals surface area contributed by atoms with Crippen molar-refractivity contribution in [2.75, 3.05) is 7.05 Å². The van der Waals surface area contributed by atoms with Crippen molar-refractivity contribution in [1.82, 2.24) is 10.3 Å². The Morgan fingerprint density at radius 2 is 2.36 bits per heavy atom. The number of nitrogens with zero attached hydrogens (tertiary/aromatic N) is 1. The van der Waals surface area contributed by atoms with Crippen molar-refractivity contribution in [3.05, 3.63) is 29.0 Å². The molecule has 0 fully saturated rings. The van der Waals surface area contributed by atoms with E-state index in [4.69, 9.17) is 11.6 Å². The summed E-state index contributed by atoms with van der Waals surface area (Å²) in [7, 11) is 1.55. The van der Waals surface area contributed by atoms with Gasteiger partial charge >= 0.3 is 0 Å². The second-order valence-electron chi connectivity index (χ2n) is 1.92. The van der Waals surface area contributed by atoms with Crippen LogP contribution >= 0.6 is 11.6 Å². The van der Waals surface area contributed by atoms with Gasteiger partial charge in [0.2, 0.25) is 0 Å². The van der Waals surface area contributed by atoms with Gasteiger partial charge in [0.05, 0.1) is 0 Å². The molecule has 4 heteroatoms. The van der Waals surface area contributed by atoms with Gasteiger partial charge in [-0.2, -0.15) is 0 Å². The lowest BCUT2D eigenvalue weighted by Gasteiger charge is -1.97. The van der Waals surface area contributed by atoms with Crippen molar-refractivity contribution in [3.63, 3.8) is 0 Å². The summed E-state index contributed by atoms with van der Waals surface area (Å²) in [5, 5.41) is 2.77. The zero-order valence-corrected chi connectivity index (χ0v) is 6.72. The molecule has 11 heavy (non-hydrogen) atoms. The summed E-state index contributed by atoms with van der Waals surface area (Å²) in [4.78, 5) is 14.7. The Morgan fingerprint density at radius 3 is 2.91 bits per heavy atom. The van der Waals surface area contributed by atoms with Crippen molar-refractivity contribution >= 4 is 17.5 Å². The van der Waals surface area contributed by atoms with Crippen LogP contribution in [0.3, 0.4) is 0 Å². The predicted octanol–water partition coefficient (Wildman–Crippen LogP) is 1.09. The molecule has 1 aromatic heterocycles. The maximum atomic E-state index is 10.9. The van der Waals surface area contributed by atoms with Crippen LogP contribution in [0.2, 0.25) is 5.15 Å². The first-order chi connectivity index (χ1) is 5.24. The van der Waals surface area contributed by atoms with E-state index in [1.807, 2.05) is 0 Å². The number of carbonyl (C=O) groups is 1. The van der Waals surface area contributed by atoms with Gasteiger partial charge in [0.1, 0.15) is 10.8 Å². The van der Waals surface area contributed by atoms with Gasteiger partial charge < -0.3 is 5.32 Å². The Kier molecular flexibility index (Phi) is 2.44. The number of carbonyl (C=O) groups excluding carboxylic acids is 1. The summed E-state index contributed by atoms with van der Waals surface area (Å²) in [6.07, 6.45) is 0. The fraction of sp³-hybridized carbons (Fsp3) is 0.143. The SMILES string of the molecule is CNC(=O)c1cccc(Cl)n1. The minimum Gasteiger partial charge on any atom is -0.354 e. The van der Waals surface area contributed by atoms with Crippen molar-refractivity contribution in [1.29, 1.82) is 0 Å². The van der Waals surface area contributed by atoms with Crippen LogP contribution in [0.4, 0.5) is 0 Å². The molecule has 1 aromatic rings. The fourth-order valence-electron chi connectivity index (χ4n) is 0.663. The van der Waals surface area contributed by atoms with E-state index in [2.05, 4.69) is 10.3 Å². The van der Waals surface area contributed by atoms with Crippen LogP contribution in [-0.2, 0) is 0 Å². The molecule has 1 rings (SSSR count). The molecule has 0 saturated heterocycles. The molecule has 0 aliphatic carbocycles. The number of pyridine rings is 1. The van der Waals surface area contributed by atoms with Crippen LogP contribution in [0.25, 0.3) is 0 Å². The maximum absolute atomic E-state index is 10.9. The van der Waals surface area contributed by atoms with Gasteiger partial charge in [-0.1, -0.05) is 17.7 Å². The van der Waals surface area contributed by atoms with Gasteiger partial charge in [-0.15, -0.1) is 0 Å². The van der Waals surface area contributed by atoms with Gasteiger partial charge in [-0.05, 0) is 12.1 Å². The predicted molar refractivity (Wildman–Crippen MR) is 42.6 cm³/mol. The second-order valence-corrected chi connectivity index (χ2v) is 2.31. The molecule has 0 bridgehead atoms. The zero-order valence-electron chi connectivity index (χ0n) is 5.97. The van der Waals surface area contributed by atoms with Crippen molar-refractivity contribution in [2.24, 2.45) is 0 Å². The lowest BCUT2D eigenvalue weighted by molar-refractivity contribution is 0.0958. The summed E-state index contributed by atoms with van der Waals surface area (Å²) in [6, 6.07) is 4.90. The van der Waals surface area contributed by atoms with Crippen LogP contribution in [0, 0.1) is 0 Å². The number of halogens is 1. The first kappa shape index (κ1) is 8.01. The Hall–Kier alpha value is -1.09. The summed E-state index contributed by atoms with van der Waals surface area (Å²) in [6.45, 7) is 0. The van der Waals surface area contributed by atoms with Crippen LogP contribution in [-0.4, -0.2) is 17.9 Å². The van der Waals surface area contributed by atoms with Crippen molar-refractivity contribution in [3.8, 4) is 0 Å². The quantitative estimate of drug-likeness (QED) is 0.642. The van der Waals surface area contributed by atoms with Gasteiger partial charge in [0.25, 0.3) is 5.91 Å². The fourth-order valence-corrected chi connectivity index (χ4v) is 0.827. The Balaban J connectivity index is 2.96. The third-order valence-corrected chi connectivity index (χ3v) is 1.39. The minimum atomic E-state index is -0.229. The van der Waals surface area contributed by atoms with Gasteiger partial charge in [-0.25, -0.2) is 4.98 Å². The first-order valence-electron chi connectivity index (χ1n) is 3.08. The number of amides is 1. The van der Waals surface area contributed by atoms with Crippen LogP contribution in [0.5, 0.6) is 0 Å². The third-order valence-electron chi connectivity index (χ3n) is 1.17. The van der Waals surface area contributed by atoms with E-state index in [0.29, 0.717) is 10.8 Å². The Labute approximate surface area is 69.4 Å². The molecule has 58 valence electrons. The molecule has 3 nitrogen and oxygen atoms in total. The number of nitrogens with one attached hydrogen (secondary N) is 1. The second kappa shape index (κ2) is 3.34. The zero-order chi connectivity index (χ0) is 8.27.